The van der Waals surface area contributed by atoms with Gasteiger partial charge in [-0.05, 0) is 75.6 Å². The number of hydrogen-bond donors (Lipinski definition) is 0. The molecule has 0 bridgehead atoms. The van der Waals surface area contributed by atoms with Crippen LogP contribution in [0.15, 0.2) is 53.6 Å². The molecule has 198 valence electrons. The molecule has 0 aromatic heterocycles. The minimum absolute atomic E-state index is 0.0923. The van der Waals surface area contributed by atoms with Crippen LogP contribution in [0.25, 0.3) is 0 Å². The van der Waals surface area contributed by atoms with Crippen LogP contribution in [0.5, 0.6) is 0 Å². The molecule has 2 aromatic rings. The molecule has 2 aromatic carbocycles. The predicted molar refractivity (Wildman–Crippen MR) is 145 cm³/mol. The first-order valence-electron chi connectivity index (χ1n) is 12.6. The van der Waals surface area contributed by atoms with Crippen LogP contribution < -0.4 is 9.91 Å². The maximum absolute atomic E-state index is 13.1. The Kier molecular flexibility index (Phi) is 9.08. The van der Waals surface area contributed by atoms with E-state index < -0.39 is 11.4 Å². The fraction of sp³-hybridized carbons (Fsp3) is 0.448. The molecule has 1 heterocycles. The Morgan fingerprint density at radius 2 is 1.62 bits per heavy atom. The summed E-state index contributed by atoms with van der Waals surface area (Å²) in [7, 11) is 3.98. The molecule has 1 aliphatic rings. The van der Waals surface area contributed by atoms with Gasteiger partial charge in [0.2, 0.25) is 0 Å². The lowest BCUT2D eigenvalue weighted by Gasteiger charge is -2.20. The summed E-state index contributed by atoms with van der Waals surface area (Å²) in [5.74, 6) is -1.15. The fourth-order valence-corrected chi connectivity index (χ4v) is 3.74. The molecule has 8 heteroatoms. The number of benzene rings is 2. The Morgan fingerprint density at radius 3 is 2.22 bits per heavy atom. The van der Waals surface area contributed by atoms with Crippen molar-refractivity contribution in [2.24, 2.45) is 16.4 Å². The van der Waals surface area contributed by atoms with Gasteiger partial charge in [0.1, 0.15) is 0 Å². The highest BCUT2D eigenvalue weighted by molar-refractivity contribution is 6.15. The second kappa shape index (κ2) is 12.0. The highest BCUT2D eigenvalue weighted by atomic mass is 16.5. The normalized spacial score (nSPS) is 15.4. The number of anilines is 2. The van der Waals surface area contributed by atoms with Crippen molar-refractivity contribution in [3.05, 3.63) is 59.7 Å². The zero-order valence-corrected chi connectivity index (χ0v) is 22.6. The lowest BCUT2D eigenvalue weighted by Crippen LogP contribution is -2.28. The molecule has 37 heavy (non-hydrogen) atoms. The Labute approximate surface area is 219 Å². The van der Waals surface area contributed by atoms with Gasteiger partial charge in [0.15, 0.2) is 0 Å². The minimum Gasteiger partial charge on any atom is -0.465 e. The number of ether oxygens (including phenoxy) is 2. The first-order valence-corrected chi connectivity index (χ1v) is 12.6. The van der Waals surface area contributed by atoms with Crippen LogP contribution in [0.1, 0.15) is 56.5 Å². The maximum atomic E-state index is 13.1. The summed E-state index contributed by atoms with van der Waals surface area (Å²) in [5.41, 5.74) is 3.38. The van der Waals surface area contributed by atoms with Crippen LogP contribution in [-0.2, 0) is 25.5 Å². The highest BCUT2D eigenvalue weighted by Gasteiger charge is 2.34. The van der Waals surface area contributed by atoms with Crippen LogP contribution in [0.4, 0.5) is 11.4 Å². The number of carbonyl (C=O) groups is 3. The van der Waals surface area contributed by atoms with Crippen LogP contribution in [0, 0.1) is 11.3 Å². The zero-order chi connectivity index (χ0) is 27.2. The summed E-state index contributed by atoms with van der Waals surface area (Å²) in [5, 5.41) is 5.88. The first-order chi connectivity index (χ1) is 17.5. The van der Waals surface area contributed by atoms with Gasteiger partial charge < -0.3 is 14.4 Å². The number of nitrogens with zero attached hydrogens (tertiary/aromatic N) is 3. The van der Waals surface area contributed by atoms with Crippen molar-refractivity contribution in [2.75, 3.05) is 37.2 Å². The quantitative estimate of drug-likeness (QED) is 0.319. The Balaban J connectivity index is 1.51. The molecule has 0 fully saturated rings. The topological polar surface area (TPSA) is 88.5 Å². The SMILES string of the molecule is CCC(C)(C)C(=O)OCCCOC(=O)c1ccc(N2N=C(C)C(Cc3ccc(N(C)C)cc3)C2=O)cc1. The molecule has 1 atom stereocenters. The molecule has 0 saturated carbocycles. The van der Waals surface area contributed by atoms with E-state index >= 15 is 0 Å². The van der Waals surface area contributed by atoms with E-state index in [1.165, 1.54) is 5.01 Å². The molecule has 0 radical (unpaired) electrons. The molecule has 1 amide bonds. The van der Waals surface area contributed by atoms with E-state index in [0.717, 1.165) is 17.0 Å². The second-order valence-corrected chi connectivity index (χ2v) is 10.1. The van der Waals surface area contributed by atoms with Gasteiger partial charge in [-0.25, -0.2) is 9.80 Å². The highest BCUT2D eigenvalue weighted by Crippen LogP contribution is 2.27. The number of carbonyl (C=O) groups excluding carboxylic acids is 3. The lowest BCUT2D eigenvalue weighted by atomic mass is 9.91. The lowest BCUT2D eigenvalue weighted by molar-refractivity contribution is -0.154. The number of hydrogen-bond acceptors (Lipinski definition) is 7. The van der Waals surface area contributed by atoms with Gasteiger partial charge in [0.05, 0.1) is 35.8 Å². The second-order valence-electron chi connectivity index (χ2n) is 10.1. The molecule has 0 spiro atoms. The van der Waals surface area contributed by atoms with Gasteiger partial charge in [-0.2, -0.15) is 5.10 Å². The fourth-order valence-electron chi connectivity index (χ4n) is 3.74. The molecular formula is C29H37N3O5. The summed E-state index contributed by atoms with van der Waals surface area (Å²) in [6.07, 6.45) is 1.69. The van der Waals surface area contributed by atoms with Crippen molar-refractivity contribution in [1.82, 2.24) is 0 Å². The minimum atomic E-state index is -0.519. The smallest absolute Gasteiger partial charge is 0.338 e. The van der Waals surface area contributed by atoms with Crippen molar-refractivity contribution in [1.29, 1.82) is 0 Å². The van der Waals surface area contributed by atoms with E-state index in [1.54, 1.807) is 24.3 Å². The average molecular weight is 508 g/mol. The molecule has 1 aliphatic heterocycles. The number of esters is 2. The summed E-state index contributed by atoms with van der Waals surface area (Å²) < 4.78 is 10.5. The van der Waals surface area contributed by atoms with Gasteiger partial charge in [0.25, 0.3) is 5.91 Å². The van der Waals surface area contributed by atoms with Crippen LogP contribution in [0.3, 0.4) is 0 Å². The summed E-state index contributed by atoms with van der Waals surface area (Å²) in [4.78, 5) is 39.5. The number of rotatable bonds is 11. The summed E-state index contributed by atoms with van der Waals surface area (Å²) in [6, 6.07) is 14.8. The van der Waals surface area contributed by atoms with E-state index in [4.69, 9.17) is 9.47 Å². The Bertz CT molecular complexity index is 1140. The third-order valence-corrected chi connectivity index (χ3v) is 6.70. The van der Waals surface area contributed by atoms with Crippen molar-refractivity contribution < 1.29 is 23.9 Å². The van der Waals surface area contributed by atoms with E-state index in [9.17, 15) is 14.4 Å². The largest absolute Gasteiger partial charge is 0.465 e. The van der Waals surface area contributed by atoms with Crippen molar-refractivity contribution in [2.45, 2.75) is 47.0 Å². The van der Waals surface area contributed by atoms with Crippen LogP contribution >= 0.6 is 0 Å². The van der Waals surface area contributed by atoms with Gasteiger partial charge in [0, 0.05) is 31.9 Å². The standard InChI is InChI=1S/C29H37N3O5/c1-7-29(3,4)28(35)37-18-8-17-36-27(34)22-11-15-24(16-12-22)32-26(33)25(20(2)30-32)19-21-9-13-23(14-10-21)31(5)6/h9-16,25H,7-8,17-19H2,1-6H3. The number of amides is 1. The Hall–Kier alpha value is -3.68. The molecular weight excluding hydrogens is 470 g/mol. The first kappa shape index (κ1) is 27.9. The predicted octanol–water partition coefficient (Wildman–Crippen LogP) is 4.86. The van der Waals surface area contributed by atoms with E-state index in [0.29, 0.717) is 30.5 Å². The number of hydrazone groups is 1. The zero-order valence-electron chi connectivity index (χ0n) is 22.6. The monoisotopic (exact) mass is 507 g/mol. The summed E-state index contributed by atoms with van der Waals surface area (Å²) >= 11 is 0. The van der Waals surface area contributed by atoms with E-state index in [2.05, 4.69) is 5.10 Å². The van der Waals surface area contributed by atoms with Crippen LogP contribution in [0.2, 0.25) is 0 Å². The van der Waals surface area contributed by atoms with Gasteiger partial charge in [-0.1, -0.05) is 19.1 Å². The average Bonchev–Trinajstić information content (AvgIpc) is 3.16. The van der Waals surface area contributed by atoms with Crippen LogP contribution in [-0.4, -0.2) is 50.9 Å². The van der Waals surface area contributed by atoms with E-state index in [1.807, 2.05) is 71.0 Å². The van der Waals surface area contributed by atoms with Crippen molar-refractivity contribution >= 4 is 34.9 Å². The summed E-state index contributed by atoms with van der Waals surface area (Å²) in [6.45, 7) is 7.82. The molecule has 1 unspecified atom stereocenters. The molecule has 8 nitrogen and oxygen atoms in total. The molecule has 0 saturated heterocycles. The third-order valence-electron chi connectivity index (χ3n) is 6.70. The third kappa shape index (κ3) is 6.96. The molecule has 0 N–H and O–H groups in total. The maximum Gasteiger partial charge on any atom is 0.338 e. The van der Waals surface area contributed by atoms with Crippen molar-refractivity contribution in [3.8, 4) is 0 Å². The molecule has 3 rings (SSSR count). The van der Waals surface area contributed by atoms with E-state index in [-0.39, 0.29) is 31.0 Å². The van der Waals surface area contributed by atoms with Gasteiger partial charge >= 0.3 is 11.9 Å². The molecule has 0 aliphatic carbocycles. The van der Waals surface area contributed by atoms with Crippen molar-refractivity contribution in [3.63, 3.8) is 0 Å². The van der Waals surface area contributed by atoms with Gasteiger partial charge in [-0.15, -0.1) is 0 Å². The Morgan fingerprint density at radius 1 is 1.00 bits per heavy atom. The van der Waals surface area contributed by atoms with Gasteiger partial charge in [-0.3, -0.25) is 9.59 Å².